The van der Waals surface area contributed by atoms with Crippen molar-refractivity contribution in [3.63, 3.8) is 0 Å². The average molecular weight is 411 g/mol. The van der Waals surface area contributed by atoms with Crippen LogP contribution in [0.15, 0.2) is 59.4 Å². The largest absolute Gasteiger partial charge is 0.369 e. The summed E-state index contributed by atoms with van der Waals surface area (Å²) in [5, 5.41) is 2.81. The fourth-order valence-electron chi connectivity index (χ4n) is 3.56. The highest BCUT2D eigenvalue weighted by Crippen LogP contribution is 2.54. The van der Waals surface area contributed by atoms with Crippen molar-refractivity contribution < 1.29 is 4.79 Å². The number of benzene rings is 2. The van der Waals surface area contributed by atoms with Gasteiger partial charge in [-0.1, -0.05) is 36.4 Å². The summed E-state index contributed by atoms with van der Waals surface area (Å²) in [4.78, 5) is 27.6. The molecule has 1 aliphatic carbocycles. The first-order chi connectivity index (χ1) is 13.4. The Bertz CT molecular complexity index is 1110. The van der Waals surface area contributed by atoms with Gasteiger partial charge in [-0.2, -0.15) is 0 Å². The Hall–Kier alpha value is -3.12. The van der Waals surface area contributed by atoms with Crippen molar-refractivity contribution in [2.75, 3.05) is 11.1 Å². The first kappa shape index (κ1) is 20.6. The highest BCUT2D eigenvalue weighted by atomic mass is 35.5. The fourth-order valence-corrected chi connectivity index (χ4v) is 3.56. The van der Waals surface area contributed by atoms with Gasteiger partial charge in [0, 0.05) is 31.6 Å². The number of nitrogens with two attached hydrogens (primary N) is 1. The molecule has 3 N–H and O–H groups in total. The van der Waals surface area contributed by atoms with Crippen LogP contribution in [0.4, 0.5) is 11.6 Å². The van der Waals surface area contributed by atoms with Crippen molar-refractivity contribution in [1.82, 2.24) is 9.55 Å². The van der Waals surface area contributed by atoms with E-state index < -0.39 is 0 Å². The molecule has 1 amide bonds. The molecule has 0 spiro atoms. The summed E-state index contributed by atoms with van der Waals surface area (Å²) in [5.41, 5.74) is 10.6. The Morgan fingerprint density at radius 2 is 1.83 bits per heavy atom. The van der Waals surface area contributed by atoms with E-state index in [4.69, 9.17) is 5.73 Å². The van der Waals surface area contributed by atoms with Crippen LogP contribution >= 0.6 is 12.4 Å². The van der Waals surface area contributed by atoms with Crippen molar-refractivity contribution in [3.05, 3.63) is 76.2 Å². The van der Waals surface area contributed by atoms with Crippen LogP contribution in [0.2, 0.25) is 0 Å². The Morgan fingerprint density at radius 3 is 2.48 bits per heavy atom. The van der Waals surface area contributed by atoms with Gasteiger partial charge in [0.25, 0.3) is 5.56 Å². The maximum absolute atomic E-state index is 11.9. The molecule has 6 nitrogen and oxygen atoms in total. The van der Waals surface area contributed by atoms with E-state index in [1.54, 1.807) is 13.1 Å². The zero-order valence-electron chi connectivity index (χ0n) is 16.3. The zero-order chi connectivity index (χ0) is 19.8. The van der Waals surface area contributed by atoms with Crippen LogP contribution < -0.4 is 16.6 Å². The number of nitrogen functional groups attached to an aromatic ring is 1. The first-order valence-electron chi connectivity index (χ1n) is 9.24. The number of carbonyl (C=O) groups excluding carboxylic acids is 1. The van der Waals surface area contributed by atoms with Gasteiger partial charge in [0.05, 0.1) is 5.69 Å². The van der Waals surface area contributed by atoms with E-state index >= 15 is 0 Å². The van der Waals surface area contributed by atoms with Gasteiger partial charge in [-0.25, -0.2) is 4.98 Å². The summed E-state index contributed by atoms with van der Waals surface area (Å²) in [6.07, 6.45) is 0.969. The zero-order valence-corrected chi connectivity index (χ0v) is 17.1. The molecule has 3 aromatic rings. The maximum atomic E-state index is 11.9. The number of aromatic nitrogens is 2. The van der Waals surface area contributed by atoms with E-state index in [1.165, 1.54) is 17.1 Å². The number of rotatable bonds is 4. The van der Waals surface area contributed by atoms with Crippen molar-refractivity contribution in [2.45, 2.75) is 25.2 Å². The number of nitrogens with one attached hydrogen (secondary N) is 1. The summed E-state index contributed by atoms with van der Waals surface area (Å²) >= 11 is 0. The molecule has 0 radical (unpaired) electrons. The lowest BCUT2D eigenvalue weighted by atomic mass is 10.0. The second-order valence-corrected chi connectivity index (χ2v) is 7.27. The molecule has 1 aromatic heterocycles. The molecule has 1 heterocycles. The molecule has 7 heteroatoms. The summed E-state index contributed by atoms with van der Waals surface area (Å²) in [6, 6.07) is 17.8. The van der Waals surface area contributed by atoms with Crippen LogP contribution in [0.5, 0.6) is 0 Å². The minimum Gasteiger partial charge on any atom is -0.369 e. The summed E-state index contributed by atoms with van der Waals surface area (Å²) in [7, 11) is 1.62. The number of carbonyl (C=O) groups is 1. The van der Waals surface area contributed by atoms with Gasteiger partial charge >= 0.3 is 0 Å². The molecule has 150 valence electrons. The van der Waals surface area contributed by atoms with E-state index in [0.29, 0.717) is 5.92 Å². The molecule has 1 saturated carbocycles. The normalized spacial score (nSPS) is 17.3. The standard InChI is InChI=1S/C22H22N4O2.ClH/c1-13(27)24-17-5-3-4-16(10-17)14-6-8-15(9-7-14)18-11-19(18)20-12-21(28)26(2)22(23)25-20;/h3-10,12,18-19H,11H2,1-2H3,(H2,23,25)(H,24,27);1H/t18-,19-;/m0./s1. The van der Waals surface area contributed by atoms with Crippen LogP contribution in [-0.4, -0.2) is 15.5 Å². The molecule has 29 heavy (non-hydrogen) atoms. The van der Waals surface area contributed by atoms with Crippen molar-refractivity contribution in [1.29, 1.82) is 0 Å². The van der Waals surface area contributed by atoms with Crippen LogP contribution in [0.1, 0.15) is 36.4 Å². The fraction of sp³-hybridized carbons (Fsp3) is 0.227. The predicted octanol–water partition coefficient (Wildman–Crippen LogP) is 3.68. The Labute approximate surface area is 175 Å². The van der Waals surface area contributed by atoms with Crippen LogP contribution in [0, 0.1) is 0 Å². The maximum Gasteiger partial charge on any atom is 0.254 e. The molecule has 0 aliphatic heterocycles. The van der Waals surface area contributed by atoms with Crippen LogP contribution in [0.25, 0.3) is 11.1 Å². The van der Waals surface area contributed by atoms with Crippen LogP contribution in [-0.2, 0) is 11.8 Å². The molecule has 4 rings (SSSR count). The third kappa shape index (κ3) is 4.32. The number of anilines is 2. The molecule has 0 unspecified atom stereocenters. The lowest BCUT2D eigenvalue weighted by Gasteiger charge is -2.08. The average Bonchev–Trinajstić information content (AvgIpc) is 3.46. The third-order valence-corrected chi connectivity index (χ3v) is 5.21. The van der Waals surface area contributed by atoms with E-state index in [9.17, 15) is 9.59 Å². The summed E-state index contributed by atoms with van der Waals surface area (Å²) in [5.74, 6) is 0.767. The second-order valence-electron chi connectivity index (χ2n) is 7.27. The van der Waals surface area contributed by atoms with Gasteiger partial charge in [0.15, 0.2) is 0 Å². The first-order valence-corrected chi connectivity index (χ1v) is 9.24. The summed E-state index contributed by atoms with van der Waals surface area (Å²) < 4.78 is 1.35. The lowest BCUT2D eigenvalue weighted by molar-refractivity contribution is -0.114. The lowest BCUT2D eigenvalue weighted by Crippen LogP contribution is -2.21. The molecule has 2 aromatic carbocycles. The minimum absolute atomic E-state index is 0. The Kier molecular flexibility index (Phi) is 5.75. The Morgan fingerprint density at radius 1 is 1.10 bits per heavy atom. The topological polar surface area (TPSA) is 90.0 Å². The van der Waals surface area contributed by atoms with Gasteiger partial charge in [-0.15, -0.1) is 12.4 Å². The molecule has 1 aliphatic rings. The predicted molar refractivity (Wildman–Crippen MR) is 117 cm³/mol. The molecular weight excluding hydrogens is 388 g/mol. The highest BCUT2D eigenvalue weighted by molar-refractivity contribution is 5.89. The third-order valence-electron chi connectivity index (χ3n) is 5.21. The second kappa shape index (κ2) is 8.09. The molecule has 1 fully saturated rings. The van der Waals surface area contributed by atoms with Gasteiger partial charge < -0.3 is 11.1 Å². The number of nitrogens with zero attached hydrogens (tertiary/aromatic N) is 2. The quantitative estimate of drug-likeness (QED) is 0.686. The van der Waals surface area contributed by atoms with Gasteiger partial charge in [-0.05, 0) is 41.2 Å². The smallest absolute Gasteiger partial charge is 0.254 e. The SMILES string of the molecule is CC(=O)Nc1cccc(-c2ccc([C@@H]3C[C@@H]3c3cc(=O)n(C)c(N)n3)cc2)c1.Cl. The summed E-state index contributed by atoms with van der Waals surface area (Å²) in [6.45, 7) is 1.50. The molecular formula is C22H23ClN4O2. The number of halogens is 1. The molecule has 0 saturated heterocycles. The van der Waals surface area contributed by atoms with Gasteiger partial charge in [0.2, 0.25) is 11.9 Å². The van der Waals surface area contributed by atoms with Crippen molar-refractivity contribution >= 4 is 29.9 Å². The van der Waals surface area contributed by atoms with E-state index in [2.05, 4.69) is 34.6 Å². The van der Waals surface area contributed by atoms with E-state index in [0.717, 1.165) is 28.9 Å². The van der Waals surface area contributed by atoms with Gasteiger partial charge in [-0.3, -0.25) is 14.2 Å². The van der Waals surface area contributed by atoms with Crippen molar-refractivity contribution in [3.8, 4) is 11.1 Å². The molecule has 0 bridgehead atoms. The monoisotopic (exact) mass is 410 g/mol. The van der Waals surface area contributed by atoms with E-state index in [-0.39, 0.29) is 35.7 Å². The Balaban J connectivity index is 0.00000240. The minimum atomic E-state index is -0.123. The van der Waals surface area contributed by atoms with Crippen molar-refractivity contribution in [2.24, 2.45) is 7.05 Å². The molecule has 2 atom stereocenters. The number of hydrogen-bond acceptors (Lipinski definition) is 4. The van der Waals surface area contributed by atoms with E-state index in [1.807, 2.05) is 24.3 Å². The van der Waals surface area contributed by atoms with Gasteiger partial charge in [0.1, 0.15) is 0 Å². The number of amides is 1. The van der Waals surface area contributed by atoms with Crippen LogP contribution in [0.3, 0.4) is 0 Å². The highest BCUT2D eigenvalue weighted by Gasteiger charge is 2.41. The number of hydrogen-bond donors (Lipinski definition) is 2.